The number of allylic oxidation sites excluding steroid dienone is 1. The zero-order valence-electron chi connectivity index (χ0n) is 14.9. The van der Waals surface area contributed by atoms with Crippen LogP contribution in [0.5, 0.6) is 0 Å². The lowest BCUT2D eigenvalue weighted by atomic mass is 9.92. The van der Waals surface area contributed by atoms with Crippen molar-refractivity contribution in [2.24, 2.45) is 0 Å². The maximum absolute atomic E-state index is 6.88. The van der Waals surface area contributed by atoms with E-state index in [0.29, 0.717) is 5.54 Å². The van der Waals surface area contributed by atoms with Crippen molar-refractivity contribution in [3.63, 3.8) is 0 Å². The minimum Gasteiger partial charge on any atom is -0.167 e. The number of hydrogen-bond donors (Lipinski definition) is 0. The van der Waals surface area contributed by atoms with Crippen LogP contribution in [0, 0.1) is 20.8 Å². The van der Waals surface area contributed by atoms with Gasteiger partial charge >= 0.3 is 0 Å². The molecule has 0 radical (unpaired) electrons. The summed E-state index contributed by atoms with van der Waals surface area (Å²) in [5.74, 6) is 0. The number of rotatable bonds is 2. The second-order valence-electron chi connectivity index (χ2n) is 7.52. The molecule has 0 saturated heterocycles. The van der Waals surface area contributed by atoms with Gasteiger partial charge in [-0.1, -0.05) is 66.2 Å². The van der Waals surface area contributed by atoms with Crippen LogP contribution in [-0.2, 0) is 0 Å². The molecule has 1 unspecified atom stereocenters. The molecule has 2 heteroatoms. The molecule has 0 spiro atoms. The third-order valence-corrected chi connectivity index (χ3v) is 7.61. The van der Waals surface area contributed by atoms with Gasteiger partial charge in [-0.2, -0.15) is 11.1 Å². The van der Waals surface area contributed by atoms with Gasteiger partial charge in [-0.15, -0.1) is 0 Å². The first-order valence-corrected chi connectivity index (χ1v) is 12.4. The molecule has 3 rings (SSSR count). The first-order valence-electron chi connectivity index (χ1n) is 8.28. The van der Waals surface area contributed by atoms with Gasteiger partial charge in [0.2, 0.25) is 0 Å². The normalized spacial score (nSPS) is 17.2. The molecule has 120 valence electrons. The van der Waals surface area contributed by atoms with Crippen LogP contribution in [0.1, 0.15) is 40.3 Å². The van der Waals surface area contributed by atoms with Crippen LogP contribution in [0.4, 0.5) is 0 Å². The van der Waals surface area contributed by atoms with E-state index in [-0.39, 0.29) is 0 Å². The highest BCUT2D eigenvalue weighted by Gasteiger charge is 2.38. The second-order valence-corrected chi connectivity index (χ2v) is 14.1. The first kappa shape index (κ1) is 16.5. The molecule has 0 fully saturated rings. The Hall–Kier alpha value is -1.31. The van der Waals surface area contributed by atoms with Gasteiger partial charge in [0.15, 0.2) is 7.38 Å². The fraction of sp³-hybridized carbons (Fsp3) is 0.333. The van der Waals surface area contributed by atoms with E-state index in [1.807, 2.05) is 0 Å². The van der Waals surface area contributed by atoms with Crippen LogP contribution in [0.2, 0.25) is 13.1 Å². The summed E-state index contributed by atoms with van der Waals surface area (Å²) < 4.78 is 0. The van der Waals surface area contributed by atoms with Gasteiger partial charge in [-0.3, -0.25) is 0 Å². The van der Waals surface area contributed by atoms with Crippen molar-refractivity contribution in [3.8, 4) is 11.1 Å². The standard InChI is InChI=1S/C21H25ClSi/c1-13-9-14(2)11-17(10-13)18-8-7-15(3)20-19(18)12-16(4)21(20)23(5,6)22/h7-12,21H,1-6H3. The van der Waals surface area contributed by atoms with Crippen molar-refractivity contribution in [2.75, 3.05) is 0 Å². The summed E-state index contributed by atoms with van der Waals surface area (Å²) >= 11 is 6.88. The second kappa shape index (κ2) is 5.65. The van der Waals surface area contributed by atoms with Gasteiger partial charge in [0.05, 0.1) is 0 Å². The Morgan fingerprint density at radius 3 is 2.09 bits per heavy atom. The van der Waals surface area contributed by atoms with Gasteiger partial charge in [0.25, 0.3) is 0 Å². The van der Waals surface area contributed by atoms with Crippen LogP contribution in [0.15, 0.2) is 35.9 Å². The molecule has 0 N–H and O–H groups in total. The lowest BCUT2D eigenvalue weighted by Gasteiger charge is -2.27. The fourth-order valence-corrected chi connectivity index (χ4v) is 7.17. The predicted molar refractivity (Wildman–Crippen MR) is 106 cm³/mol. The number of aryl methyl sites for hydroxylation is 3. The molecule has 0 heterocycles. The highest BCUT2D eigenvalue weighted by molar-refractivity contribution is 7.20. The van der Waals surface area contributed by atoms with Crippen LogP contribution in [0.25, 0.3) is 17.2 Å². The SMILES string of the molecule is CC1=Cc2c(-c3cc(C)cc(C)c3)ccc(C)c2C1[Si](C)(C)Cl. The Morgan fingerprint density at radius 2 is 1.52 bits per heavy atom. The summed E-state index contributed by atoms with van der Waals surface area (Å²) in [4.78, 5) is 0. The van der Waals surface area contributed by atoms with Crippen molar-refractivity contribution < 1.29 is 0 Å². The van der Waals surface area contributed by atoms with Gasteiger partial charge in [0.1, 0.15) is 0 Å². The molecule has 0 aliphatic heterocycles. The summed E-state index contributed by atoms with van der Waals surface area (Å²) in [7, 11) is -1.81. The van der Waals surface area contributed by atoms with Crippen molar-refractivity contribution in [3.05, 3.63) is 63.7 Å². The average molecular weight is 341 g/mol. The minimum absolute atomic E-state index is 0.421. The maximum Gasteiger partial charge on any atom is 0.161 e. The largest absolute Gasteiger partial charge is 0.167 e. The zero-order valence-corrected chi connectivity index (χ0v) is 16.7. The molecule has 1 aliphatic rings. The smallest absolute Gasteiger partial charge is 0.161 e. The lowest BCUT2D eigenvalue weighted by molar-refractivity contribution is 1.07. The summed E-state index contributed by atoms with van der Waals surface area (Å²) in [5, 5.41) is 0. The summed E-state index contributed by atoms with van der Waals surface area (Å²) in [5.41, 5.74) is 11.4. The molecule has 2 aromatic rings. The Kier molecular flexibility index (Phi) is 4.06. The predicted octanol–water partition coefficient (Wildman–Crippen LogP) is 6.76. The maximum atomic E-state index is 6.88. The topological polar surface area (TPSA) is 0 Å². The molecular weight excluding hydrogens is 316 g/mol. The van der Waals surface area contributed by atoms with Crippen LogP contribution in [0.3, 0.4) is 0 Å². The Balaban J connectivity index is 2.26. The van der Waals surface area contributed by atoms with E-state index in [0.717, 1.165) is 0 Å². The lowest BCUT2D eigenvalue weighted by Crippen LogP contribution is -2.28. The third kappa shape index (κ3) is 2.93. The molecule has 1 atom stereocenters. The van der Waals surface area contributed by atoms with Gasteiger partial charge in [-0.25, -0.2) is 0 Å². The average Bonchev–Trinajstić information content (AvgIpc) is 2.75. The summed E-state index contributed by atoms with van der Waals surface area (Å²) in [6.45, 7) is 13.3. The molecule has 0 bridgehead atoms. The Bertz CT molecular complexity index is 789. The quantitative estimate of drug-likeness (QED) is 0.418. The number of benzene rings is 2. The minimum atomic E-state index is -1.81. The van der Waals surface area contributed by atoms with E-state index in [1.165, 1.54) is 44.5 Å². The summed E-state index contributed by atoms with van der Waals surface area (Å²) in [6.07, 6.45) is 2.37. The molecule has 0 amide bonds. The number of halogens is 1. The third-order valence-electron chi connectivity index (χ3n) is 4.84. The van der Waals surface area contributed by atoms with Crippen molar-refractivity contribution >= 4 is 24.5 Å². The molecule has 23 heavy (non-hydrogen) atoms. The van der Waals surface area contributed by atoms with Crippen molar-refractivity contribution in [2.45, 2.75) is 46.3 Å². The first-order chi connectivity index (χ1) is 10.7. The Morgan fingerprint density at radius 1 is 0.913 bits per heavy atom. The van der Waals surface area contributed by atoms with E-state index >= 15 is 0 Å². The zero-order chi connectivity index (χ0) is 16.9. The monoisotopic (exact) mass is 340 g/mol. The van der Waals surface area contributed by atoms with Gasteiger partial charge < -0.3 is 0 Å². The highest BCUT2D eigenvalue weighted by Crippen LogP contribution is 2.48. The fourth-order valence-electron chi connectivity index (χ4n) is 4.09. The van der Waals surface area contributed by atoms with Crippen molar-refractivity contribution in [1.82, 2.24) is 0 Å². The number of hydrogen-bond acceptors (Lipinski definition) is 0. The van der Waals surface area contributed by atoms with E-state index in [1.54, 1.807) is 0 Å². The molecular formula is C21H25ClSi. The summed E-state index contributed by atoms with van der Waals surface area (Å²) in [6, 6.07) is 11.4. The van der Waals surface area contributed by atoms with E-state index in [2.05, 4.69) is 77.2 Å². The van der Waals surface area contributed by atoms with Crippen LogP contribution < -0.4 is 0 Å². The van der Waals surface area contributed by atoms with E-state index < -0.39 is 7.38 Å². The molecule has 0 saturated carbocycles. The van der Waals surface area contributed by atoms with E-state index in [4.69, 9.17) is 11.1 Å². The van der Waals surface area contributed by atoms with Gasteiger partial charge in [0, 0.05) is 5.54 Å². The van der Waals surface area contributed by atoms with Crippen LogP contribution >= 0.6 is 11.1 Å². The number of fused-ring (bicyclic) bond motifs is 1. The highest BCUT2D eigenvalue weighted by atomic mass is 35.6. The van der Waals surface area contributed by atoms with Crippen molar-refractivity contribution in [1.29, 1.82) is 0 Å². The van der Waals surface area contributed by atoms with E-state index in [9.17, 15) is 0 Å². The molecule has 0 aromatic heterocycles. The van der Waals surface area contributed by atoms with Gasteiger partial charge in [-0.05, 0) is 55.5 Å². The van der Waals surface area contributed by atoms with Crippen LogP contribution in [-0.4, -0.2) is 7.38 Å². The molecule has 2 aromatic carbocycles. The molecule has 0 nitrogen and oxygen atoms in total. The Labute approximate surface area is 145 Å². The molecule has 1 aliphatic carbocycles.